The molecule has 0 aromatic carbocycles. The monoisotopic (exact) mass is 651 g/mol. The Balaban J connectivity index is 4.07. The molecular formula is C36H75O7P. The third-order valence-electron chi connectivity index (χ3n) is 8.41. The fourth-order valence-corrected chi connectivity index (χ4v) is 6.81. The minimum absolute atomic E-state index is 0.313. The van der Waals surface area contributed by atoms with Crippen molar-refractivity contribution in [2.75, 3.05) is 39.6 Å². The first-order chi connectivity index (χ1) is 21.7. The van der Waals surface area contributed by atoms with Crippen molar-refractivity contribution in [2.45, 2.75) is 193 Å². The molecule has 0 aromatic rings. The van der Waals surface area contributed by atoms with Crippen LogP contribution in [0, 0.1) is 0 Å². The largest absolute Gasteiger partial charge is 0.474 e. The van der Waals surface area contributed by atoms with Crippen LogP contribution in [0.1, 0.15) is 193 Å². The first-order valence-corrected chi connectivity index (χ1v) is 20.5. The Morgan fingerprint density at radius 2 is 0.432 bits per heavy atom. The van der Waals surface area contributed by atoms with Gasteiger partial charge in [0.05, 0.1) is 19.8 Å². The molecule has 0 unspecified atom stereocenters. The molecule has 0 aliphatic heterocycles. The smallest absolute Gasteiger partial charge is 0.396 e. The summed E-state index contributed by atoms with van der Waals surface area (Å²) >= 11 is 0. The predicted molar refractivity (Wildman–Crippen MR) is 185 cm³/mol. The van der Waals surface area contributed by atoms with Gasteiger partial charge >= 0.3 is 7.82 Å². The summed E-state index contributed by atoms with van der Waals surface area (Å²) in [6, 6.07) is 0. The summed E-state index contributed by atoms with van der Waals surface area (Å²) in [6.07, 6.45) is 34.4. The number of phosphoric ester groups is 1. The molecule has 0 aliphatic carbocycles. The van der Waals surface area contributed by atoms with E-state index < -0.39 is 7.82 Å². The number of aliphatic hydroxyl groups is 3. The van der Waals surface area contributed by atoms with Gasteiger partial charge in [0.2, 0.25) is 0 Å². The average molecular weight is 651 g/mol. The van der Waals surface area contributed by atoms with Crippen LogP contribution in [0.15, 0.2) is 0 Å². The summed E-state index contributed by atoms with van der Waals surface area (Å²) < 4.78 is 30.7. The maximum Gasteiger partial charge on any atom is 0.474 e. The number of hydrogen-bond acceptors (Lipinski definition) is 7. The van der Waals surface area contributed by atoms with E-state index in [1.807, 2.05) is 0 Å². The maximum absolute atomic E-state index is 13.3. The molecule has 0 aliphatic rings. The Morgan fingerprint density at radius 1 is 0.273 bits per heavy atom. The van der Waals surface area contributed by atoms with E-state index >= 15 is 0 Å². The summed E-state index contributed by atoms with van der Waals surface area (Å²) in [5.41, 5.74) is 0. The molecule has 0 radical (unpaired) electrons. The van der Waals surface area contributed by atoms with Crippen LogP contribution in [0.4, 0.5) is 0 Å². The van der Waals surface area contributed by atoms with E-state index in [4.69, 9.17) is 28.9 Å². The zero-order valence-corrected chi connectivity index (χ0v) is 29.8. The highest BCUT2D eigenvalue weighted by atomic mass is 31.2. The van der Waals surface area contributed by atoms with Gasteiger partial charge in [0.25, 0.3) is 0 Å². The molecule has 0 aromatic heterocycles. The Morgan fingerprint density at radius 3 is 0.614 bits per heavy atom. The second-order valence-corrected chi connectivity index (χ2v) is 14.4. The second kappa shape index (κ2) is 37.4. The first kappa shape index (κ1) is 44.0. The predicted octanol–water partition coefficient (Wildman–Crippen LogP) is 10.8. The van der Waals surface area contributed by atoms with Gasteiger partial charge in [0.15, 0.2) is 0 Å². The summed E-state index contributed by atoms with van der Waals surface area (Å²) in [7, 11) is -3.51. The molecule has 7 nitrogen and oxygen atoms in total. The molecule has 0 rings (SSSR count). The lowest BCUT2D eigenvalue weighted by molar-refractivity contribution is 0.108. The lowest BCUT2D eigenvalue weighted by Gasteiger charge is -2.18. The molecule has 0 saturated heterocycles. The van der Waals surface area contributed by atoms with Gasteiger partial charge in [-0.2, -0.15) is 0 Å². The highest BCUT2D eigenvalue weighted by Gasteiger charge is 2.26. The van der Waals surface area contributed by atoms with Gasteiger partial charge in [-0.25, -0.2) is 4.57 Å². The lowest BCUT2D eigenvalue weighted by Crippen LogP contribution is -2.04. The SMILES string of the molecule is O=P(OCCCCCCCCCCCCO)(OCCCCCCCCCCCCO)OCCCCCCCCCCCCO. The standard InChI is InChI=1S/C36H75O7P/c37-31-25-19-13-7-1-4-10-16-22-28-34-41-44(40,42-35-29-23-17-11-5-2-8-14-20-26-32-38)43-36-30-24-18-12-6-3-9-15-21-27-33-39/h37-39H,1-36H2. The Hall–Kier alpha value is -0.0100. The number of hydrogen-bond donors (Lipinski definition) is 3. The van der Waals surface area contributed by atoms with Crippen LogP contribution in [0.2, 0.25) is 0 Å². The number of rotatable bonds is 39. The molecule has 0 spiro atoms. The van der Waals surface area contributed by atoms with Crippen LogP contribution in [0.3, 0.4) is 0 Å². The average Bonchev–Trinajstić information content (AvgIpc) is 3.02. The fourth-order valence-electron chi connectivity index (χ4n) is 5.53. The number of aliphatic hydroxyl groups excluding tert-OH is 3. The lowest BCUT2D eigenvalue weighted by atomic mass is 10.1. The normalized spacial score (nSPS) is 12.0. The Labute approximate surface area is 273 Å². The second-order valence-electron chi connectivity index (χ2n) is 12.7. The third kappa shape index (κ3) is 34.9. The molecule has 44 heavy (non-hydrogen) atoms. The van der Waals surface area contributed by atoms with Gasteiger partial charge in [-0.15, -0.1) is 0 Å². The molecule has 0 fully saturated rings. The summed E-state index contributed by atoms with van der Waals surface area (Å²) in [4.78, 5) is 0. The van der Waals surface area contributed by atoms with Gasteiger partial charge in [-0.1, -0.05) is 154 Å². The number of unbranched alkanes of at least 4 members (excludes halogenated alkanes) is 27. The molecule has 0 saturated carbocycles. The van der Waals surface area contributed by atoms with E-state index in [0.717, 1.165) is 77.0 Å². The van der Waals surface area contributed by atoms with Gasteiger partial charge < -0.3 is 15.3 Å². The van der Waals surface area contributed by atoms with Crippen molar-refractivity contribution in [3.8, 4) is 0 Å². The minimum atomic E-state index is -3.51. The van der Waals surface area contributed by atoms with Crippen molar-refractivity contribution in [3.63, 3.8) is 0 Å². The van der Waals surface area contributed by atoms with Crippen molar-refractivity contribution in [1.82, 2.24) is 0 Å². The van der Waals surface area contributed by atoms with E-state index in [2.05, 4.69) is 0 Å². The van der Waals surface area contributed by atoms with Crippen LogP contribution in [0.5, 0.6) is 0 Å². The summed E-state index contributed by atoms with van der Waals surface area (Å²) in [5.74, 6) is 0. The molecular weight excluding hydrogens is 575 g/mol. The van der Waals surface area contributed by atoms with E-state index in [9.17, 15) is 4.57 Å². The van der Waals surface area contributed by atoms with Crippen LogP contribution >= 0.6 is 7.82 Å². The van der Waals surface area contributed by atoms with Gasteiger partial charge in [0, 0.05) is 19.8 Å². The van der Waals surface area contributed by atoms with Crippen molar-refractivity contribution < 1.29 is 33.5 Å². The van der Waals surface area contributed by atoms with Crippen LogP contribution in [-0.2, 0) is 18.1 Å². The maximum atomic E-state index is 13.3. The van der Waals surface area contributed by atoms with Gasteiger partial charge in [-0.05, 0) is 38.5 Å². The minimum Gasteiger partial charge on any atom is -0.396 e. The molecule has 0 atom stereocenters. The highest BCUT2D eigenvalue weighted by Crippen LogP contribution is 2.50. The Bertz CT molecular complexity index is 503. The van der Waals surface area contributed by atoms with Gasteiger partial charge in [0.1, 0.15) is 0 Å². The van der Waals surface area contributed by atoms with Crippen LogP contribution in [0.25, 0.3) is 0 Å². The van der Waals surface area contributed by atoms with Crippen molar-refractivity contribution in [1.29, 1.82) is 0 Å². The molecule has 266 valence electrons. The molecule has 0 heterocycles. The summed E-state index contributed by atoms with van der Waals surface area (Å²) in [5, 5.41) is 26.6. The molecule has 0 amide bonds. The third-order valence-corrected chi connectivity index (χ3v) is 9.90. The van der Waals surface area contributed by atoms with Crippen LogP contribution < -0.4 is 0 Å². The zero-order chi connectivity index (χ0) is 32.1. The first-order valence-electron chi connectivity index (χ1n) is 19.0. The Kier molecular flexibility index (Phi) is 37.4. The van der Waals surface area contributed by atoms with E-state index in [1.54, 1.807) is 0 Å². The van der Waals surface area contributed by atoms with Gasteiger partial charge in [-0.3, -0.25) is 13.6 Å². The van der Waals surface area contributed by atoms with Crippen LogP contribution in [-0.4, -0.2) is 55.0 Å². The van der Waals surface area contributed by atoms with Crippen molar-refractivity contribution in [3.05, 3.63) is 0 Å². The van der Waals surface area contributed by atoms with Crippen molar-refractivity contribution in [2.24, 2.45) is 0 Å². The molecule has 8 heteroatoms. The topological polar surface area (TPSA) is 105 Å². The highest BCUT2D eigenvalue weighted by molar-refractivity contribution is 7.48. The molecule has 3 N–H and O–H groups in total. The molecule has 0 bridgehead atoms. The quantitative estimate of drug-likeness (QED) is 0.0449. The van der Waals surface area contributed by atoms with E-state index in [-0.39, 0.29) is 0 Å². The van der Waals surface area contributed by atoms with E-state index in [1.165, 1.54) is 116 Å². The number of phosphoric acid groups is 1. The fraction of sp³-hybridized carbons (Fsp3) is 1.00. The summed E-state index contributed by atoms with van der Waals surface area (Å²) in [6.45, 7) is 2.22. The van der Waals surface area contributed by atoms with E-state index in [0.29, 0.717) is 39.6 Å². The zero-order valence-electron chi connectivity index (χ0n) is 28.9. The van der Waals surface area contributed by atoms with Crippen molar-refractivity contribution >= 4 is 7.82 Å².